The topological polar surface area (TPSA) is 58.2 Å². The Kier molecular flexibility index (Phi) is 4.94. The second-order valence-corrected chi connectivity index (χ2v) is 8.99. The van der Waals surface area contributed by atoms with Crippen LogP contribution < -0.4 is 10.6 Å². The molecule has 1 heterocycles. The van der Waals surface area contributed by atoms with E-state index in [1.54, 1.807) is 0 Å². The quantitative estimate of drug-likeness (QED) is 0.316. The van der Waals surface area contributed by atoms with Crippen molar-refractivity contribution in [2.45, 2.75) is 9.79 Å². The number of rotatable bonds is 0. The smallest absolute Gasteiger partial charge is 0.256 e. The van der Waals surface area contributed by atoms with Crippen LogP contribution in [0.3, 0.4) is 0 Å². The van der Waals surface area contributed by atoms with Gasteiger partial charge in [-0.15, -0.1) is 0 Å². The molecule has 2 amide bonds. The Morgan fingerprint density at radius 2 is 1.00 bits per heavy atom. The van der Waals surface area contributed by atoms with Crippen molar-refractivity contribution in [3.05, 3.63) is 96.1 Å². The fourth-order valence-corrected chi connectivity index (χ4v) is 5.83. The van der Waals surface area contributed by atoms with Gasteiger partial charge in [0.05, 0.1) is 22.5 Å². The lowest BCUT2D eigenvalue weighted by molar-refractivity contribution is 0.101. The molecule has 6 heteroatoms. The highest BCUT2D eigenvalue weighted by Crippen LogP contribution is 2.41. The van der Waals surface area contributed by atoms with Crippen molar-refractivity contribution in [2.75, 3.05) is 10.6 Å². The van der Waals surface area contributed by atoms with Crippen LogP contribution in [0.2, 0.25) is 0 Å². The highest BCUT2D eigenvalue weighted by Gasteiger charge is 2.19. The Labute approximate surface area is 181 Å². The molecule has 0 atom stereocenters. The first kappa shape index (κ1) is 18.8. The first-order chi connectivity index (χ1) is 14.7. The Balaban J connectivity index is 1.74. The summed E-state index contributed by atoms with van der Waals surface area (Å²) in [5.74, 6) is -0.361. The number of carbonyl (C=O) groups is 2. The van der Waals surface area contributed by atoms with Crippen LogP contribution >= 0.6 is 21.6 Å². The highest BCUT2D eigenvalue weighted by molar-refractivity contribution is 8.76. The molecule has 0 aromatic heterocycles. The molecule has 0 spiro atoms. The second kappa shape index (κ2) is 7.89. The van der Waals surface area contributed by atoms with Crippen molar-refractivity contribution in [1.29, 1.82) is 0 Å². The van der Waals surface area contributed by atoms with E-state index in [0.29, 0.717) is 22.5 Å². The summed E-state index contributed by atoms with van der Waals surface area (Å²) in [6, 6.07) is 26.4. The average molecular weight is 429 g/mol. The van der Waals surface area contributed by atoms with Crippen molar-refractivity contribution in [3.63, 3.8) is 0 Å². The zero-order valence-electron chi connectivity index (χ0n) is 15.7. The van der Waals surface area contributed by atoms with E-state index in [-0.39, 0.29) is 11.8 Å². The summed E-state index contributed by atoms with van der Waals surface area (Å²) in [4.78, 5) is 28.0. The molecule has 1 aliphatic rings. The zero-order valence-corrected chi connectivity index (χ0v) is 17.3. The lowest BCUT2D eigenvalue weighted by Gasteiger charge is -2.14. The van der Waals surface area contributed by atoms with Crippen LogP contribution in [0, 0.1) is 0 Å². The van der Waals surface area contributed by atoms with Crippen LogP contribution in [0.25, 0.3) is 10.8 Å². The first-order valence-electron chi connectivity index (χ1n) is 9.38. The predicted molar refractivity (Wildman–Crippen MR) is 124 cm³/mol. The van der Waals surface area contributed by atoms with Gasteiger partial charge in [-0.3, -0.25) is 9.59 Å². The summed E-state index contributed by atoms with van der Waals surface area (Å²) >= 11 is 0. The van der Waals surface area contributed by atoms with Crippen molar-refractivity contribution in [1.82, 2.24) is 0 Å². The standard InChI is InChI=1S/C24H16N2O2S2/c27-23-16-9-1-3-13-20(16)29-30-21-14-4-2-10-17(21)24(28)26-19-12-6-8-15-7-5-11-18(25-23)22(15)19/h1-14H,(H,25,27)(H,26,28). The van der Waals surface area contributed by atoms with Crippen LogP contribution in [-0.4, -0.2) is 11.8 Å². The van der Waals surface area contributed by atoms with Crippen LogP contribution in [-0.2, 0) is 0 Å². The Morgan fingerprint density at radius 1 is 0.533 bits per heavy atom. The van der Waals surface area contributed by atoms with Crippen LogP contribution in [0.5, 0.6) is 0 Å². The fourth-order valence-electron chi connectivity index (χ4n) is 3.47. The van der Waals surface area contributed by atoms with E-state index in [1.807, 2.05) is 84.9 Å². The fraction of sp³-hybridized carbons (Fsp3) is 0. The normalized spacial score (nSPS) is 13.7. The third-order valence-electron chi connectivity index (χ3n) is 4.89. The van der Waals surface area contributed by atoms with E-state index in [9.17, 15) is 9.59 Å². The maximum Gasteiger partial charge on any atom is 0.256 e. The molecule has 30 heavy (non-hydrogen) atoms. The van der Waals surface area contributed by atoms with Gasteiger partial charge in [-0.2, -0.15) is 0 Å². The summed E-state index contributed by atoms with van der Waals surface area (Å²) in [7, 11) is 2.94. The van der Waals surface area contributed by atoms with Gasteiger partial charge in [0.1, 0.15) is 0 Å². The minimum atomic E-state index is -0.181. The first-order valence-corrected chi connectivity index (χ1v) is 11.5. The minimum absolute atomic E-state index is 0.181. The number of carbonyl (C=O) groups excluding carboxylic acids is 2. The van der Waals surface area contributed by atoms with E-state index in [4.69, 9.17) is 0 Å². The predicted octanol–water partition coefficient (Wildman–Crippen LogP) is 6.46. The summed E-state index contributed by atoms with van der Waals surface area (Å²) in [5, 5.41) is 7.82. The van der Waals surface area contributed by atoms with Gasteiger partial charge < -0.3 is 10.6 Å². The third kappa shape index (κ3) is 3.44. The van der Waals surface area contributed by atoms with Gasteiger partial charge in [0.15, 0.2) is 0 Å². The second-order valence-electron chi connectivity index (χ2n) is 6.78. The molecule has 4 nitrogen and oxygen atoms in total. The zero-order chi connectivity index (χ0) is 20.5. The summed E-state index contributed by atoms with van der Waals surface area (Å²) in [5.41, 5.74) is 2.52. The summed E-state index contributed by atoms with van der Waals surface area (Å²) in [6.07, 6.45) is 0. The number of benzene rings is 4. The molecule has 4 aromatic rings. The number of amides is 2. The molecule has 0 unspecified atom stereocenters. The van der Waals surface area contributed by atoms with Crippen LogP contribution in [0.1, 0.15) is 20.7 Å². The Hall–Kier alpha value is -3.22. The maximum absolute atomic E-state index is 13.1. The van der Waals surface area contributed by atoms with Crippen molar-refractivity contribution < 1.29 is 9.59 Å². The van der Waals surface area contributed by atoms with Crippen molar-refractivity contribution in [3.8, 4) is 0 Å². The minimum Gasteiger partial charge on any atom is -0.321 e. The average Bonchev–Trinajstić information content (AvgIpc) is 2.78. The van der Waals surface area contributed by atoms with E-state index in [0.717, 1.165) is 20.6 Å². The molecule has 0 bridgehead atoms. The molecule has 5 rings (SSSR count). The number of hydrogen-bond donors (Lipinski definition) is 2. The number of nitrogens with one attached hydrogen (secondary N) is 2. The third-order valence-corrected chi connectivity index (χ3v) is 7.37. The van der Waals surface area contributed by atoms with Gasteiger partial charge in [-0.05, 0) is 41.8 Å². The Bertz CT molecular complexity index is 1210. The SMILES string of the molecule is O=C1Nc2cccc3cccc(c23)NC(=O)c2ccccc2SSc2ccccc21. The van der Waals surface area contributed by atoms with E-state index in [1.165, 1.54) is 21.6 Å². The van der Waals surface area contributed by atoms with E-state index in [2.05, 4.69) is 10.6 Å². The molecule has 0 aliphatic carbocycles. The lowest BCUT2D eigenvalue weighted by Crippen LogP contribution is -2.15. The number of hydrogen-bond acceptors (Lipinski definition) is 4. The molecular weight excluding hydrogens is 412 g/mol. The largest absolute Gasteiger partial charge is 0.321 e. The molecule has 146 valence electrons. The van der Waals surface area contributed by atoms with Crippen LogP contribution in [0.4, 0.5) is 11.4 Å². The number of anilines is 2. The van der Waals surface area contributed by atoms with E-state index >= 15 is 0 Å². The maximum atomic E-state index is 13.1. The molecule has 0 saturated heterocycles. The van der Waals surface area contributed by atoms with Gasteiger partial charge in [0.2, 0.25) is 0 Å². The Morgan fingerprint density at radius 3 is 1.50 bits per heavy atom. The molecule has 2 N–H and O–H groups in total. The monoisotopic (exact) mass is 428 g/mol. The van der Waals surface area contributed by atoms with Gasteiger partial charge in [-0.25, -0.2) is 0 Å². The van der Waals surface area contributed by atoms with Gasteiger partial charge in [-0.1, -0.05) is 70.1 Å². The van der Waals surface area contributed by atoms with Gasteiger partial charge in [0.25, 0.3) is 11.8 Å². The lowest BCUT2D eigenvalue weighted by atomic mass is 10.1. The van der Waals surface area contributed by atoms with Crippen molar-refractivity contribution in [2.24, 2.45) is 0 Å². The van der Waals surface area contributed by atoms with Gasteiger partial charge in [0, 0.05) is 15.2 Å². The highest BCUT2D eigenvalue weighted by atomic mass is 33.1. The van der Waals surface area contributed by atoms with Crippen LogP contribution in [0.15, 0.2) is 94.7 Å². The summed E-state index contributed by atoms with van der Waals surface area (Å²) < 4.78 is 0. The molecule has 4 aromatic carbocycles. The van der Waals surface area contributed by atoms with Gasteiger partial charge >= 0.3 is 0 Å². The van der Waals surface area contributed by atoms with Crippen molar-refractivity contribution >= 4 is 55.5 Å². The van der Waals surface area contributed by atoms with E-state index < -0.39 is 0 Å². The molecular formula is C24H16N2O2S2. The summed E-state index contributed by atoms with van der Waals surface area (Å²) in [6.45, 7) is 0. The molecule has 0 radical (unpaired) electrons. The molecule has 1 aliphatic heterocycles. The molecule has 0 saturated carbocycles. The number of fused-ring (bicyclic) bond motifs is 2. The molecule has 0 fully saturated rings.